The predicted octanol–water partition coefficient (Wildman–Crippen LogP) is 1.40. The first kappa shape index (κ1) is 14.3. The van der Waals surface area contributed by atoms with Crippen molar-refractivity contribution in [1.82, 2.24) is 10.2 Å². The second-order valence-corrected chi connectivity index (χ2v) is 4.63. The van der Waals surface area contributed by atoms with Crippen molar-refractivity contribution in [1.29, 1.82) is 0 Å². The maximum absolute atomic E-state index is 14.0. The fraction of sp³-hybridized carbons (Fsp3) is 0.538. The van der Waals surface area contributed by atoms with Gasteiger partial charge in [0, 0.05) is 31.7 Å². The van der Waals surface area contributed by atoms with Crippen molar-refractivity contribution in [2.75, 3.05) is 32.8 Å². The Balaban J connectivity index is 2.36. The number of alkyl halides is 2. The number of aliphatic hydroxyl groups is 1. The van der Waals surface area contributed by atoms with Crippen LogP contribution in [0, 0.1) is 5.82 Å². The molecule has 0 aliphatic carbocycles. The second kappa shape index (κ2) is 5.90. The highest BCUT2D eigenvalue weighted by atomic mass is 19.3. The van der Waals surface area contributed by atoms with Gasteiger partial charge in [-0.1, -0.05) is 18.2 Å². The van der Waals surface area contributed by atoms with Crippen molar-refractivity contribution >= 4 is 0 Å². The van der Waals surface area contributed by atoms with Crippen LogP contribution >= 0.6 is 0 Å². The number of rotatable bonds is 4. The minimum absolute atomic E-state index is 0.0662. The average Bonchev–Trinajstić information content (AvgIpc) is 2.42. The maximum atomic E-state index is 14.0. The minimum atomic E-state index is -3.38. The Morgan fingerprint density at radius 2 is 1.89 bits per heavy atom. The van der Waals surface area contributed by atoms with Crippen LogP contribution in [-0.2, 0) is 0 Å². The third-order valence-corrected chi connectivity index (χ3v) is 3.33. The molecule has 1 heterocycles. The lowest BCUT2D eigenvalue weighted by Gasteiger charge is -2.38. The number of hydrogen-bond donors (Lipinski definition) is 2. The van der Waals surface area contributed by atoms with Crippen LogP contribution in [0.1, 0.15) is 11.6 Å². The van der Waals surface area contributed by atoms with Gasteiger partial charge in [0.2, 0.25) is 0 Å². The van der Waals surface area contributed by atoms with E-state index in [-0.39, 0.29) is 5.56 Å². The summed E-state index contributed by atoms with van der Waals surface area (Å²) in [4.78, 5) is 1.52. The molecular weight excluding hydrogens is 257 g/mol. The fourth-order valence-electron chi connectivity index (χ4n) is 2.41. The Morgan fingerprint density at radius 1 is 1.26 bits per heavy atom. The van der Waals surface area contributed by atoms with Crippen LogP contribution in [0.5, 0.6) is 0 Å². The molecule has 1 aromatic carbocycles. The first-order valence-electron chi connectivity index (χ1n) is 6.24. The van der Waals surface area contributed by atoms with Gasteiger partial charge in [0.1, 0.15) is 18.5 Å². The van der Waals surface area contributed by atoms with Crippen molar-refractivity contribution in [2.45, 2.75) is 12.0 Å². The summed E-state index contributed by atoms with van der Waals surface area (Å²) >= 11 is 0. The molecule has 0 unspecified atom stereocenters. The minimum Gasteiger partial charge on any atom is -0.390 e. The van der Waals surface area contributed by atoms with Gasteiger partial charge in [-0.15, -0.1) is 0 Å². The van der Waals surface area contributed by atoms with Crippen LogP contribution in [0.3, 0.4) is 0 Å². The Kier molecular flexibility index (Phi) is 4.44. The van der Waals surface area contributed by atoms with E-state index in [1.54, 1.807) is 0 Å². The van der Waals surface area contributed by atoms with Gasteiger partial charge in [0.05, 0.1) is 0 Å². The normalized spacial score (nSPS) is 19.4. The molecule has 6 heteroatoms. The summed E-state index contributed by atoms with van der Waals surface area (Å²) in [6, 6.07) is 4.08. The second-order valence-electron chi connectivity index (χ2n) is 4.63. The summed E-state index contributed by atoms with van der Waals surface area (Å²) in [5.74, 6) is -4.04. The van der Waals surface area contributed by atoms with Gasteiger partial charge in [0.25, 0.3) is 5.92 Å². The van der Waals surface area contributed by atoms with Crippen molar-refractivity contribution < 1.29 is 18.3 Å². The third-order valence-electron chi connectivity index (χ3n) is 3.33. The van der Waals surface area contributed by atoms with E-state index in [1.165, 1.54) is 23.1 Å². The van der Waals surface area contributed by atoms with E-state index in [0.717, 1.165) is 6.07 Å². The first-order valence-corrected chi connectivity index (χ1v) is 6.24. The van der Waals surface area contributed by atoms with E-state index < -0.39 is 24.4 Å². The summed E-state index contributed by atoms with van der Waals surface area (Å²) in [6.45, 7) is 0.651. The number of nitrogens with zero attached hydrogens (tertiary/aromatic N) is 1. The summed E-state index contributed by atoms with van der Waals surface area (Å²) in [5.41, 5.74) is -0.0662. The predicted molar refractivity (Wildman–Crippen MR) is 65.6 cm³/mol. The van der Waals surface area contributed by atoms with Crippen LogP contribution in [0.4, 0.5) is 13.2 Å². The molecule has 0 amide bonds. The summed E-state index contributed by atoms with van der Waals surface area (Å²) in [7, 11) is 0. The lowest BCUT2D eigenvalue weighted by Crippen LogP contribution is -2.51. The van der Waals surface area contributed by atoms with Crippen LogP contribution in [0.15, 0.2) is 24.3 Å². The lowest BCUT2D eigenvalue weighted by atomic mass is 9.97. The van der Waals surface area contributed by atoms with Crippen LogP contribution in [0.2, 0.25) is 0 Å². The van der Waals surface area contributed by atoms with Crippen molar-refractivity contribution in [3.8, 4) is 0 Å². The molecular formula is C13H17F3N2O. The number of nitrogens with one attached hydrogen (secondary N) is 1. The fourth-order valence-corrected chi connectivity index (χ4v) is 2.41. The Morgan fingerprint density at radius 3 is 2.47 bits per heavy atom. The zero-order chi connectivity index (χ0) is 13.9. The van der Waals surface area contributed by atoms with Gasteiger partial charge in [0.15, 0.2) is 0 Å². The van der Waals surface area contributed by atoms with Gasteiger partial charge >= 0.3 is 0 Å². The molecule has 1 saturated heterocycles. The van der Waals surface area contributed by atoms with Crippen molar-refractivity contribution in [3.05, 3.63) is 35.6 Å². The smallest absolute Gasteiger partial charge is 0.290 e. The molecule has 0 saturated carbocycles. The monoisotopic (exact) mass is 274 g/mol. The molecule has 1 aromatic rings. The summed E-state index contributed by atoms with van der Waals surface area (Å²) in [6.07, 6.45) is 0. The molecule has 0 bridgehead atoms. The molecule has 1 aliphatic heterocycles. The van der Waals surface area contributed by atoms with Crippen LogP contribution in [0.25, 0.3) is 0 Å². The van der Waals surface area contributed by atoms with Gasteiger partial charge in [-0.25, -0.2) is 13.2 Å². The highest BCUT2D eigenvalue weighted by molar-refractivity contribution is 5.24. The molecule has 106 valence electrons. The van der Waals surface area contributed by atoms with Crippen molar-refractivity contribution in [3.63, 3.8) is 0 Å². The largest absolute Gasteiger partial charge is 0.390 e. The van der Waals surface area contributed by atoms with Gasteiger partial charge in [-0.05, 0) is 6.07 Å². The van der Waals surface area contributed by atoms with Gasteiger partial charge < -0.3 is 10.4 Å². The van der Waals surface area contributed by atoms with E-state index >= 15 is 0 Å². The molecule has 1 aliphatic rings. The molecule has 1 atom stereocenters. The van der Waals surface area contributed by atoms with E-state index in [2.05, 4.69) is 5.32 Å². The van der Waals surface area contributed by atoms with E-state index in [0.29, 0.717) is 26.2 Å². The zero-order valence-corrected chi connectivity index (χ0v) is 10.5. The molecule has 2 N–H and O–H groups in total. The number of benzene rings is 1. The topological polar surface area (TPSA) is 35.5 Å². The van der Waals surface area contributed by atoms with Crippen LogP contribution < -0.4 is 5.32 Å². The first-order chi connectivity index (χ1) is 9.06. The van der Waals surface area contributed by atoms with Crippen molar-refractivity contribution in [2.24, 2.45) is 0 Å². The molecule has 0 spiro atoms. The molecule has 0 radical (unpaired) electrons. The van der Waals surface area contributed by atoms with E-state index in [1.807, 2.05) is 0 Å². The highest BCUT2D eigenvalue weighted by Crippen LogP contribution is 2.37. The average molecular weight is 274 g/mol. The lowest BCUT2D eigenvalue weighted by molar-refractivity contribution is -0.119. The Bertz CT molecular complexity index is 422. The third kappa shape index (κ3) is 3.08. The summed E-state index contributed by atoms with van der Waals surface area (Å²) in [5, 5.41) is 12.0. The molecule has 0 aromatic heterocycles. The van der Waals surface area contributed by atoms with Crippen LogP contribution in [-0.4, -0.2) is 48.7 Å². The highest BCUT2D eigenvalue weighted by Gasteiger charge is 2.45. The van der Waals surface area contributed by atoms with E-state index in [4.69, 9.17) is 5.11 Å². The number of piperazine rings is 1. The summed E-state index contributed by atoms with van der Waals surface area (Å²) < 4.78 is 41.8. The Labute approximate surface area is 110 Å². The maximum Gasteiger partial charge on any atom is 0.290 e. The zero-order valence-electron chi connectivity index (χ0n) is 10.5. The van der Waals surface area contributed by atoms with Gasteiger partial charge in [-0.3, -0.25) is 4.90 Å². The molecule has 2 rings (SSSR count). The molecule has 19 heavy (non-hydrogen) atoms. The Hall–Kier alpha value is -1.11. The van der Waals surface area contributed by atoms with Gasteiger partial charge in [-0.2, -0.15) is 0 Å². The number of hydrogen-bond acceptors (Lipinski definition) is 3. The SMILES string of the molecule is OCC(F)(F)[C@@H](c1ccccc1F)N1CCNCC1. The quantitative estimate of drug-likeness (QED) is 0.871. The van der Waals surface area contributed by atoms with E-state index in [9.17, 15) is 13.2 Å². The number of aliphatic hydroxyl groups excluding tert-OH is 1. The molecule has 3 nitrogen and oxygen atoms in total. The number of halogens is 3. The molecule has 1 fully saturated rings. The standard InChI is InChI=1S/C13H17F3N2O/c14-11-4-2-1-3-10(11)12(13(15,16)9-19)18-7-5-17-6-8-18/h1-4,12,17,19H,5-9H2/t12-/m1/s1.